The Morgan fingerprint density at radius 1 is 1.22 bits per heavy atom. The molecular formula is C11H9N3O4. The summed E-state index contributed by atoms with van der Waals surface area (Å²) in [5, 5.41) is 20.3. The first-order chi connectivity index (χ1) is 8.59. The lowest BCUT2D eigenvalue weighted by Gasteiger charge is -2.07. The fraction of sp³-hybridized carbons (Fsp3) is 0.0909. The molecule has 1 aromatic heterocycles. The van der Waals surface area contributed by atoms with Crippen molar-refractivity contribution >= 4 is 22.9 Å². The number of aromatic hydroxyl groups is 1. The molecule has 0 unspecified atom stereocenters. The van der Waals surface area contributed by atoms with Gasteiger partial charge in [0.1, 0.15) is 23.4 Å². The number of rotatable bonds is 3. The number of benzene rings is 1. The summed E-state index contributed by atoms with van der Waals surface area (Å²) < 4.78 is 0. The third-order valence-corrected chi connectivity index (χ3v) is 2.25. The number of fused-ring (bicyclic) bond motifs is 1. The molecule has 0 atom stereocenters. The van der Waals surface area contributed by atoms with Gasteiger partial charge >= 0.3 is 5.97 Å². The van der Waals surface area contributed by atoms with E-state index in [2.05, 4.69) is 15.3 Å². The van der Waals surface area contributed by atoms with E-state index in [1.165, 1.54) is 24.5 Å². The molecule has 0 aliphatic rings. The highest BCUT2D eigenvalue weighted by Gasteiger charge is 2.17. The summed E-state index contributed by atoms with van der Waals surface area (Å²) in [5.74, 6) is -2.15. The quantitative estimate of drug-likeness (QED) is 0.711. The predicted octanol–water partition coefficient (Wildman–Crippen LogP) is 0.150. The smallest absolute Gasteiger partial charge is 0.322 e. The van der Waals surface area contributed by atoms with Gasteiger partial charge in [-0.3, -0.25) is 19.6 Å². The second kappa shape index (κ2) is 4.66. The number of phenolic OH excluding ortho intramolecular Hbond substituents is 1. The van der Waals surface area contributed by atoms with Gasteiger partial charge in [0.25, 0.3) is 5.91 Å². The van der Waals surface area contributed by atoms with Crippen LogP contribution in [0.5, 0.6) is 5.75 Å². The van der Waals surface area contributed by atoms with Crippen molar-refractivity contribution in [2.75, 3.05) is 6.54 Å². The van der Waals surface area contributed by atoms with E-state index in [1.54, 1.807) is 0 Å². The molecule has 0 spiro atoms. The Kier molecular flexibility index (Phi) is 3.05. The van der Waals surface area contributed by atoms with Crippen LogP contribution in [0.15, 0.2) is 24.5 Å². The number of aliphatic carboxylic acids is 1. The Hall–Kier alpha value is -2.70. The molecule has 0 radical (unpaired) electrons. The third-order valence-electron chi connectivity index (χ3n) is 2.25. The first kappa shape index (κ1) is 11.8. The minimum Gasteiger partial charge on any atom is -0.507 e. The van der Waals surface area contributed by atoms with Gasteiger partial charge in [-0.1, -0.05) is 0 Å². The Labute approximate surface area is 101 Å². The Morgan fingerprint density at radius 3 is 2.67 bits per heavy atom. The van der Waals surface area contributed by atoms with E-state index in [-0.39, 0.29) is 16.8 Å². The fourth-order valence-electron chi connectivity index (χ4n) is 1.49. The monoisotopic (exact) mass is 247 g/mol. The maximum atomic E-state index is 11.8. The lowest BCUT2D eigenvalue weighted by atomic mass is 10.1. The summed E-state index contributed by atoms with van der Waals surface area (Å²) in [7, 11) is 0. The summed E-state index contributed by atoms with van der Waals surface area (Å²) in [4.78, 5) is 30.1. The number of aromatic nitrogens is 2. The molecule has 0 saturated heterocycles. The van der Waals surface area contributed by atoms with Gasteiger partial charge in [-0.2, -0.15) is 0 Å². The normalized spacial score (nSPS) is 10.2. The number of carbonyl (C=O) groups excluding carboxylic acids is 1. The van der Waals surface area contributed by atoms with Crippen molar-refractivity contribution < 1.29 is 19.8 Å². The molecule has 2 aromatic rings. The molecule has 1 amide bonds. The van der Waals surface area contributed by atoms with Crippen molar-refractivity contribution in [2.24, 2.45) is 0 Å². The predicted molar refractivity (Wildman–Crippen MR) is 61.2 cm³/mol. The molecule has 0 fully saturated rings. The summed E-state index contributed by atoms with van der Waals surface area (Å²) in [6, 6.07) is 2.83. The lowest BCUT2D eigenvalue weighted by Crippen LogP contribution is -2.29. The molecule has 7 nitrogen and oxygen atoms in total. The molecule has 3 N–H and O–H groups in total. The van der Waals surface area contributed by atoms with Gasteiger partial charge in [-0.25, -0.2) is 0 Å². The summed E-state index contributed by atoms with van der Waals surface area (Å²) in [6.45, 7) is -0.533. The number of carboxylic acid groups (broad SMARTS) is 1. The highest BCUT2D eigenvalue weighted by molar-refractivity contribution is 6.07. The van der Waals surface area contributed by atoms with Gasteiger partial charge in [-0.05, 0) is 12.1 Å². The summed E-state index contributed by atoms with van der Waals surface area (Å²) >= 11 is 0. The van der Waals surface area contributed by atoms with Crippen LogP contribution in [-0.2, 0) is 4.79 Å². The van der Waals surface area contributed by atoms with Crippen LogP contribution in [0.4, 0.5) is 0 Å². The first-order valence-electron chi connectivity index (χ1n) is 5.02. The first-order valence-corrected chi connectivity index (χ1v) is 5.02. The van der Waals surface area contributed by atoms with Gasteiger partial charge in [0.2, 0.25) is 0 Å². The maximum absolute atomic E-state index is 11.8. The molecule has 0 bridgehead atoms. The fourth-order valence-corrected chi connectivity index (χ4v) is 1.49. The molecule has 1 heterocycles. The summed E-state index contributed by atoms with van der Waals surface area (Å²) in [6.07, 6.45) is 2.84. The molecule has 92 valence electrons. The van der Waals surface area contributed by atoms with Gasteiger partial charge in [0.05, 0.1) is 5.52 Å². The summed E-state index contributed by atoms with van der Waals surface area (Å²) in [5.41, 5.74) is 0.581. The van der Waals surface area contributed by atoms with Crippen LogP contribution < -0.4 is 5.32 Å². The largest absolute Gasteiger partial charge is 0.507 e. The topological polar surface area (TPSA) is 112 Å². The second-order valence-electron chi connectivity index (χ2n) is 3.46. The number of amides is 1. The minimum atomic E-state index is -1.17. The van der Waals surface area contributed by atoms with E-state index < -0.39 is 18.4 Å². The zero-order valence-corrected chi connectivity index (χ0v) is 9.12. The van der Waals surface area contributed by atoms with Crippen molar-refractivity contribution in [1.82, 2.24) is 15.3 Å². The van der Waals surface area contributed by atoms with Crippen LogP contribution in [0.25, 0.3) is 11.0 Å². The van der Waals surface area contributed by atoms with E-state index in [0.29, 0.717) is 5.52 Å². The molecule has 2 rings (SSSR count). The van der Waals surface area contributed by atoms with E-state index >= 15 is 0 Å². The standard InChI is InChI=1S/C11H9N3O4/c15-7-2-1-6-10(13-4-3-12-6)9(7)11(18)14-5-8(16)17/h1-4,15H,5H2,(H,14,18)(H,16,17). The van der Waals surface area contributed by atoms with Crippen molar-refractivity contribution in [3.63, 3.8) is 0 Å². The number of carboxylic acids is 1. The SMILES string of the molecule is O=C(O)CNC(=O)c1c(O)ccc2nccnc12. The second-order valence-corrected chi connectivity index (χ2v) is 3.46. The van der Waals surface area contributed by atoms with Crippen molar-refractivity contribution in [1.29, 1.82) is 0 Å². The van der Waals surface area contributed by atoms with Crippen LogP contribution in [0.3, 0.4) is 0 Å². The van der Waals surface area contributed by atoms with E-state index in [4.69, 9.17) is 5.11 Å². The van der Waals surface area contributed by atoms with Gasteiger partial charge in [0.15, 0.2) is 0 Å². The van der Waals surface area contributed by atoms with Crippen LogP contribution >= 0.6 is 0 Å². The third kappa shape index (κ3) is 2.19. The van der Waals surface area contributed by atoms with Crippen LogP contribution in [0, 0.1) is 0 Å². The van der Waals surface area contributed by atoms with Crippen molar-refractivity contribution in [3.05, 3.63) is 30.1 Å². The van der Waals surface area contributed by atoms with E-state index in [0.717, 1.165) is 0 Å². The van der Waals surface area contributed by atoms with Crippen LogP contribution in [0.2, 0.25) is 0 Å². The minimum absolute atomic E-state index is 0.0816. The highest BCUT2D eigenvalue weighted by Crippen LogP contribution is 2.23. The molecular weight excluding hydrogens is 238 g/mol. The van der Waals surface area contributed by atoms with Gasteiger partial charge in [-0.15, -0.1) is 0 Å². The average Bonchev–Trinajstić information content (AvgIpc) is 2.36. The Balaban J connectivity index is 2.45. The van der Waals surface area contributed by atoms with Crippen molar-refractivity contribution in [2.45, 2.75) is 0 Å². The molecule has 0 aliphatic heterocycles. The number of hydrogen-bond acceptors (Lipinski definition) is 5. The molecule has 1 aromatic carbocycles. The molecule has 18 heavy (non-hydrogen) atoms. The molecule has 0 saturated carbocycles. The van der Waals surface area contributed by atoms with Gasteiger partial charge in [0, 0.05) is 12.4 Å². The number of phenols is 1. The zero-order chi connectivity index (χ0) is 13.1. The molecule has 0 aliphatic carbocycles. The van der Waals surface area contributed by atoms with E-state index in [1.807, 2.05) is 0 Å². The number of nitrogens with zero attached hydrogens (tertiary/aromatic N) is 2. The Bertz CT molecular complexity index is 627. The van der Waals surface area contributed by atoms with E-state index in [9.17, 15) is 14.7 Å². The molecule has 7 heteroatoms. The van der Waals surface area contributed by atoms with Gasteiger partial charge < -0.3 is 15.5 Å². The highest BCUT2D eigenvalue weighted by atomic mass is 16.4. The van der Waals surface area contributed by atoms with Crippen LogP contribution in [0.1, 0.15) is 10.4 Å². The zero-order valence-electron chi connectivity index (χ0n) is 9.12. The average molecular weight is 247 g/mol. The number of hydrogen-bond donors (Lipinski definition) is 3. The maximum Gasteiger partial charge on any atom is 0.322 e. The Morgan fingerprint density at radius 2 is 1.94 bits per heavy atom. The number of nitrogens with one attached hydrogen (secondary N) is 1. The lowest BCUT2D eigenvalue weighted by molar-refractivity contribution is -0.135. The van der Waals surface area contributed by atoms with Crippen LogP contribution in [-0.4, -0.2) is 38.6 Å². The number of carbonyl (C=O) groups is 2. The van der Waals surface area contributed by atoms with Crippen molar-refractivity contribution in [3.8, 4) is 5.75 Å².